The Labute approximate surface area is 152 Å². The van der Waals surface area contributed by atoms with E-state index in [1.807, 2.05) is 6.92 Å². The molecule has 0 bridgehead atoms. The highest BCUT2D eigenvalue weighted by atomic mass is 35.5. The molecule has 0 aliphatic carbocycles. The van der Waals surface area contributed by atoms with Crippen LogP contribution >= 0.6 is 11.6 Å². The predicted octanol–water partition coefficient (Wildman–Crippen LogP) is 3.84. The van der Waals surface area contributed by atoms with Gasteiger partial charge >= 0.3 is 0 Å². The minimum atomic E-state index is -0.277. The lowest BCUT2D eigenvalue weighted by Gasteiger charge is -2.17. The zero-order valence-corrected chi connectivity index (χ0v) is 15.0. The zero-order valence-electron chi connectivity index (χ0n) is 14.3. The molecule has 0 heterocycles. The first kappa shape index (κ1) is 18.8. The van der Waals surface area contributed by atoms with Crippen molar-refractivity contribution < 1.29 is 14.3 Å². The fourth-order valence-corrected chi connectivity index (χ4v) is 2.28. The quantitative estimate of drug-likeness (QED) is 0.816. The molecule has 0 aromatic heterocycles. The summed E-state index contributed by atoms with van der Waals surface area (Å²) in [6.45, 7) is 2.62. The van der Waals surface area contributed by atoms with Crippen molar-refractivity contribution in [3.05, 3.63) is 59.1 Å². The molecular weight excluding hydrogens is 340 g/mol. The van der Waals surface area contributed by atoms with Crippen molar-refractivity contribution in [1.82, 2.24) is 4.90 Å². The summed E-state index contributed by atoms with van der Waals surface area (Å²) in [4.78, 5) is 25.8. The van der Waals surface area contributed by atoms with Crippen LogP contribution in [-0.4, -0.2) is 36.9 Å². The average molecular weight is 361 g/mol. The first-order chi connectivity index (χ1) is 12.0. The number of carbonyl (C=O) groups is 2. The standard InChI is InChI=1S/C19H21ClN2O3/c1-3-12-25-17-10-4-14(5-11-17)19(24)22(2)13-18(23)21-16-8-6-15(20)7-9-16/h4-11H,3,12-13H2,1-2H3,(H,21,23). The summed E-state index contributed by atoms with van der Waals surface area (Å²) < 4.78 is 5.49. The van der Waals surface area contributed by atoms with Crippen molar-refractivity contribution in [3.8, 4) is 5.75 Å². The summed E-state index contributed by atoms with van der Waals surface area (Å²) in [6.07, 6.45) is 0.923. The molecule has 132 valence electrons. The van der Waals surface area contributed by atoms with Gasteiger partial charge in [-0.2, -0.15) is 0 Å². The van der Waals surface area contributed by atoms with E-state index in [0.717, 1.165) is 12.2 Å². The average Bonchev–Trinajstić information content (AvgIpc) is 2.61. The topological polar surface area (TPSA) is 58.6 Å². The zero-order chi connectivity index (χ0) is 18.2. The Morgan fingerprint density at radius 1 is 1.08 bits per heavy atom. The smallest absolute Gasteiger partial charge is 0.254 e. The number of carbonyl (C=O) groups excluding carboxylic acids is 2. The van der Waals surface area contributed by atoms with Crippen LogP contribution in [0.5, 0.6) is 5.75 Å². The van der Waals surface area contributed by atoms with Gasteiger partial charge in [0, 0.05) is 23.3 Å². The third-order valence-corrected chi connectivity index (χ3v) is 3.68. The van der Waals surface area contributed by atoms with E-state index < -0.39 is 0 Å². The molecule has 1 N–H and O–H groups in total. The number of nitrogens with zero attached hydrogens (tertiary/aromatic N) is 1. The van der Waals surface area contributed by atoms with Gasteiger partial charge in [-0.1, -0.05) is 18.5 Å². The van der Waals surface area contributed by atoms with Gasteiger partial charge in [-0.05, 0) is 55.0 Å². The van der Waals surface area contributed by atoms with Gasteiger partial charge in [-0.15, -0.1) is 0 Å². The molecular formula is C19H21ClN2O3. The first-order valence-electron chi connectivity index (χ1n) is 8.03. The normalized spacial score (nSPS) is 10.2. The number of ether oxygens (including phenoxy) is 1. The third-order valence-electron chi connectivity index (χ3n) is 3.43. The molecule has 0 atom stereocenters. The van der Waals surface area contributed by atoms with Gasteiger partial charge in [0.15, 0.2) is 0 Å². The molecule has 0 saturated carbocycles. The first-order valence-corrected chi connectivity index (χ1v) is 8.41. The molecule has 2 aromatic rings. The van der Waals surface area contributed by atoms with Crippen LogP contribution in [0.4, 0.5) is 5.69 Å². The molecule has 0 aliphatic heterocycles. The number of rotatable bonds is 7. The monoisotopic (exact) mass is 360 g/mol. The summed E-state index contributed by atoms with van der Waals surface area (Å²) in [7, 11) is 1.59. The Bertz CT molecular complexity index is 714. The largest absolute Gasteiger partial charge is 0.494 e. The van der Waals surface area contributed by atoms with Gasteiger partial charge in [0.1, 0.15) is 5.75 Å². The van der Waals surface area contributed by atoms with Gasteiger partial charge in [-0.25, -0.2) is 0 Å². The molecule has 0 aliphatic rings. The highest BCUT2D eigenvalue weighted by Crippen LogP contribution is 2.15. The summed E-state index contributed by atoms with van der Waals surface area (Å²) in [5.41, 5.74) is 1.14. The van der Waals surface area contributed by atoms with Crippen LogP contribution < -0.4 is 10.1 Å². The Morgan fingerprint density at radius 2 is 1.72 bits per heavy atom. The number of halogens is 1. The van der Waals surface area contributed by atoms with Crippen molar-refractivity contribution >= 4 is 29.1 Å². The van der Waals surface area contributed by atoms with Crippen LogP contribution in [0.25, 0.3) is 0 Å². The number of nitrogens with one attached hydrogen (secondary N) is 1. The van der Waals surface area contributed by atoms with E-state index in [1.54, 1.807) is 55.6 Å². The van der Waals surface area contributed by atoms with Gasteiger partial charge in [0.05, 0.1) is 13.2 Å². The van der Waals surface area contributed by atoms with Crippen molar-refractivity contribution in [2.45, 2.75) is 13.3 Å². The van der Waals surface area contributed by atoms with Crippen molar-refractivity contribution in [2.75, 3.05) is 25.5 Å². The second kappa shape index (κ2) is 9.08. The minimum Gasteiger partial charge on any atom is -0.494 e. The minimum absolute atomic E-state index is 0.0461. The fourth-order valence-electron chi connectivity index (χ4n) is 2.15. The SMILES string of the molecule is CCCOc1ccc(C(=O)N(C)CC(=O)Nc2ccc(Cl)cc2)cc1. The number of anilines is 1. The second-order valence-electron chi connectivity index (χ2n) is 5.59. The Kier molecular flexibility index (Phi) is 6.83. The van der Waals surface area contributed by atoms with Crippen molar-refractivity contribution in [1.29, 1.82) is 0 Å². The fraction of sp³-hybridized carbons (Fsp3) is 0.263. The molecule has 2 aromatic carbocycles. The molecule has 0 radical (unpaired) electrons. The van der Waals surface area contributed by atoms with Crippen LogP contribution in [0.15, 0.2) is 48.5 Å². The Morgan fingerprint density at radius 3 is 2.32 bits per heavy atom. The molecule has 5 nitrogen and oxygen atoms in total. The van der Waals surface area contributed by atoms with E-state index >= 15 is 0 Å². The van der Waals surface area contributed by atoms with Crippen LogP contribution in [0, 0.1) is 0 Å². The molecule has 25 heavy (non-hydrogen) atoms. The van der Waals surface area contributed by atoms with Crippen molar-refractivity contribution in [2.24, 2.45) is 0 Å². The van der Waals surface area contributed by atoms with Crippen molar-refractivity contribution in [3.63, 3.8) is 0 Å². The summed E-state index contributed by atoms with van der Waals surface area (Å²) >= 11 is 5.81. The highest BCUT2D eigenvalue weighted by molar-refractivity contribution is 6.30. The summed E-state index contributed by atoms with van der Waals surface area (Å²) in [5, 5.41) is 3.32. The second-order valence-corrected chi connectivity index (χ2v) is 6.03. The van der Waals surface area contributed by atoms with E-state index in [4.69, 9.17) is 16.3 Å². The van der Waals surface area contributed by atoms with E-state index in [2.05, 4.69) is 5.32 Å². The lowest BCUT2D eigenvalue weighted by atomic mass is 10.2. The molecule has 2 amide bonds. The predicted molar refractivity (Wildman–Crippen MR) is 99.3 cm³/mol. The maximum atomic E-state index is 12.4. The van der Waals surface area contributed by atoms with Crippen LogP contribution in [0.1, 0.15) is 23.7 Å². The Balaban J connectivity index is 1.90. The van der Waals surface area contributed by atoms with Gasteiger partial charge in [0.2, 0.25) is 5.91 Å². The number of likely N-dealkylation sites (N-methyl/N-ethyl adjacent to an activating group) is 1. The number of amides is 2. The summed E-state index contributed by atoms with van der Waals surface area (Å²) in [6, 6.07) is 13.7. The molecule has 6 heteroatoms. The lowest BCUT2D eigenvalue weighted by molar-refractivity contribution is -0.116. The Hall–Kier alpha value is -2.53. The van der Waals surface area contributed by atoms with Crippen LogP contribution in [-0.2, 0) is 4.79 Å². The van der Waals surface area contributed by atoms with Crippen LogP contribution in [0.2, 0.25) is 5.02 Å². The van der Waals surface area contributed by atoms with Gasteiger partial charge < -0.3 is 15.0 Å². The number of hydrogen-bond acceptors (Lipinski definition) is 3. The molecule has 0 spiro atoms. The molecule has 0 saturated heterocycles. The highest BCUT2D eigenvalue weighted by Gasteiger charge is 2.15. The van der Waals surface area contributed by atoms with E-state index in [1.165, 1.54) is 4.90 Å². The van der Waals surface area contributed by atoms with E-state index in [-0.39, 0.29) is 18.4 Å². The molecule has 0 unspecified atom stereocenters. The maximum absolute atomic E-state index is 12.4. The van der Waals surface area contributed by atoms with E-state index in [9.17, 15) is 9.59 Å². The molecule has 2 rings (SSSR count). The molecule has 0 fully saturated rings. The van der Waals surface area contributed by atoms with E-state index in [0.29, 0.717) is 22.9 Å². The van der Waals surface area contributed by atoms with Crippen LogP contribution in [0.3, 0.4) is 0 Å². The summed E-state index contributed by atoms with van der Waals surface area (Å²) in [5.74, 6) is 0.218. The van der Waals surface area contributed by atoms with Gasteiger partial charge in [-0.3, -0.25) is 9.59 Å². The number of benzene rings is 2. The third kappa shape index (κ3) is 5.80. The van der Waals surface area contributed by atoms with Gasteiger partial charge in [0.25, 0.3) is 5.91 Å². The maximum Gasteiger partial charge on any atom is 0.254 e. The lowest BCUT2D eigenvalue weighted by Crippen LogP contribution is -2.34. The number of hydrogen-bond donors (Lipinski definition) is 1.